The maximum Gasteiger partial charge on any atom is 0.119 e. The van der Waals surface area contributed by atoms with Crippen molar-refractivity contribution in [2.75, 3.05) is 12.4 Å². The Morgan fingerprint density at radius 1 is 1.16 bits per heavy atom. The smallest absolute Gasteiger partial charge is 0.119 e. The molecule has 0 unspecified atom stereocenters. The van der Waals surface area contributed by atoms with Gasteiger partial charge in [-0.2, -0.15) is 5.26 Å². The minimum Gasteiger partial charge on any atom is -0.493 e. The SMILES string of the molecule is N#CCc1ccc(OCCSc2ccccn2)cc1. The molecule has 0 N–H and O–H groups in total. The zero-order chi connectivity index (χ0) is 13.3. The molecule has 0 aliphatic heterocycles. The summed E-state index contributed by atoms with van der Waals surface area (Å²) in [6, 6.07) is 15.6. The fourth-order valence-corrected chi connectivity index (χ4v) is 2.22. The lowest BCUT2D eigenvalue weighted by Gasteiger charge is -2.06. The maximum absolute atomic E-state index is 8.58. The van der Waals surface area contributed by atoms with Gasteiger partial charge in [0.25, 0.3) is 0 Å². The lowest BCUT2D eigenvalue weighted by atomic mass is 10.2. The Hall–Kier alpha value is -1.99. The third kappa shape index (κ3) is 4.65. The summed E-state index contributed by atoms with van der Waals surface area (Å²) in [6.07, 6.45) is 2.23. The number of hydrogen-bond acceptors (Lipinski definition) is 4. The molecule has 0 atom stereocenters. The van der Waals surface area contributed by atoms with E-state index in [1.54, 1.807) is 18.0 Å². The van der Waals surface area contributed by atoms with Crippen molar-refractivity contribution in [2.45, 2.75) is 11.4 Å². The van der Waals surface area contributed by atoms with E-state index in [2.05, 4.69) is 11.1 Å². The molecule has 0 amide bonds. The summed E-state index contributed by atoms with van der Waals surface area (Å²) in [4.78, 5) is 4.23. The number of nitrogens with zero attached hydrogens (tertiary/aromatic N) is 2. The normalized spacial score (nSPS) is 9.84. The first-order valence-corrected chi connectivity index (χ1v) is 6.99. The predicted octanol–water partition coefficient (Wildman–Crippen LogP) is 3.32. The van der Waals surface area contributed by atoms with Gasteiger partial charge in [0.1, 0.15) is 5.75 Å². The number of aromatic nitrogens is 1. The number of thioether (sulfide) groups is 1. The van der Waals surface area contributed by atoms with E-state index >= 15 is 0 Å². The minimum absolute atomic E-state index is 0.440. The molecule has 1 aromatic carbocycles. The predicted molar refractivity (Wildman–Crippen MR) is 76.2 cm³/mol. The average Bonchev–Trinajstić information content (AvgIpc) is 2.47. The van der Waals surface area contributed by atoms with Crippen LogP contribution in [0.3, 0.4) is 0 Å². The Morgan fingerprint density at radius 2 is 2.00 bits per heavy atom. The van der Waals surface area contributed by atoms with Gasteiger partial charge in [-0.1, -0.05) is 18.2 Å². The van der Waals surface area contributed by atoms with Crippen molar-refractivity contribution in [3.8, 4) is 11.8 Å². The molecule has 0 saturated carbocycles. The Morgan fingerprint density at radius 3 is 2.68 bits per heavy atom. The quantitative estimate of drug-likeness (QED) is 0.596. The number of rotatable bonds is 6. The van der Waals surface area contributed by atoms with Crippen LogP contribution in [0.15, 0.2) is 53.7 Å². The average molecular weight is 270 g/mol. The van der Waals surface area contributed by atoms with Gasteiger partial charge >= 0.3 is 0 Å². The van der Waals surface area contributed by atoms with Gasteiger partial charge in [0, 0.05) is 11.9 Å². The van der Waals surface area contributed by atoms with Crippen LogP contribution in [0.1, 0.15) is 5.56 Å². The molecule has 0 aliphatic carbocycles. The molecule has 0 saturated heterocycles. The third-order valence-corrected chi connectivity index (χ3v) is 3.35. The fraction of sp³-hybridized carbons (Fsp3) is 0.200. The third-order valence-electron chi connectivity index (χ3n) is 2.45. The van der Waals surface area contributed by atoms with Crippen molar-refractivity contribution in [3.63, 3.8) is 0 Å². The van der Waals surface area contributed by atoms with Crippen molar-refractivity contribution < 1.29 is 4.74 Å². The van der Waals surface area contributed by atoms with Crippen molar-refractivity contribution in [1.29, 1.82) is 5.26 Å². The lowest BCUT2D eigenvalue weighted by Crippen LogP contribution is -2.00. The van der Waals surface area contributed by atoms with E-state index in [9.17, 15) is 0 Å². The van der Waals surface area contributed by atoms with Gasteiger partial charge in [-0.15, -0.1) is 11.8 Å². The second-order valence-corrected chi connectivity index (χ2v) is 4.96. The molecule has 2 rings (SSSR count). The second kappa shape index (κ2) is 7.45. The number of hydrogen-bond donors (Lipinski definition) is 0. The van der Waals surface area contributed by atoms with Crippen LogP contribution in [0.5, 0.6) is 5.75 Å². The van der Waals surface area contributed by atoms with Crippen molar-refractivity contribution >= 4 is 11.8 Å². The summed E-state index contributed by atoms with van der Waals surface area (Å²) < 4.78 is 5.63. The highest BCUT2D eigenvalue weighted by molar-refractivity contribution is 7.99. The molecule has 19 heavy (non-hydrogen) atoms. The maximum atomic E-state index is 8.58. The minimum atomic E-state index is 0.440. The van der Waals surface area contributed by atoms with E-state index in [1.807, 2.05) is 42.5 Å². The van der Waals surface area contributed by atoms with E-state index in [0.717, 1.165) is 22.1 Å². The summed E-state index contributed by atoms with van der Waals surface area (Å²) in [5.41, 5.74) is 1.01. The summed E-state index contributed by atoms with van der Waals surface area (Å²) in [7, 11) is 0. The van der Waals surface area contributed by atoms with E-state index in [4.69, 9.17) is 10.00 Å². The first-order chi connectivity index (χ1) is 9.38. The van der Waals surface area contributed by atoms with E-state index < -0.39 is 0 Å². The van der Waals surface area contributed by atoms with Crippen molar-refractivity contribution in [2.24, 2.45) is 0 Å². The van der Waals surface area contributed by atoms with Crippen LogP contribution in [0.2, 0.25) is 0 Å². The Balaban J connectivity index is 1.72. The summed E-state index contributed by atoms with van der Waals surface area (Å²) in [5, 5.41) is 9.59. The summed E-state index contributed by atoms with van der Waals surface area (Å²) >= 11 is 1.67. The van der Waals surface area contributed by atoms with Gasteiger partial charge in [-0.25, -0.2) is 4.98 Å². The molecule has 1 heterocycles. The van der Waals surface area contributed by atoms with Crippen LogP contribution in [-0.2, 0) is 6.42 Å². The van der Waals surface area contributed by atoms with Gasteiger partial charge in [0.05, 0.1) is 24.1 Å². The van der Waals surface area contributed by atoms with Crippen LogP contribution in [0, 0.1) is 11.3 Å². The summed E-state index contributed by atoms with van der Waals surface area (Å²) in [5.74, 6) is 1.69. The zero-order valence-electron chi connectivity index (χ0n) is 10.5. The summed E-state index contributed by atoms with van der Waals surface area (Å²) in [6.45, 7) is 0.638. The van der Waals surface area contributed by atoms with E-state index in [1.165, 1.54) is 0 Å². The highest BCUT2D eigenvalue weighted by Crippen LogP contribution is 2.16. The molecule has 4 heteroatoms. The van der Waals surface area contributed by atoms with E-state index in [0.29, 0.717) is 13.0 Å². The second-order valence-electron chi connectivity index (χ2n) is 3.84. The molecule has 96 valence electrons. The first kappa shape index (κ1) is 13.4. The molecule has 2 aromatic rings. The fourth-order valence-electron chi connectivity index (χ4n) is 1.53. The topological polar surface area (TPSA) is 45.9 Å². The largest absolute Gasteiger partial charge is 0.493 e. The Bertz CT molecular complexity index is 534. The Labute approximate surface area is 117 Å². The standard InChI is InChI=1S/C15H14N2OS/c16-9-8-13-4-6-14(7-5-13)18-11-12-19-15-3-1-2-10-17-15/h1-7,10H,8,11-12H2. The molecule has 0 fully saturated rings. The van der Waals surface area contributed by atoms with Crippen LogP contribution in [0.4, 0.5) is 0 Å². The van der Waals surface area contributed by atoms with Gasteiger partial charge in [-0.3, -0.25) is 0 Å². The number of benzene rings is 1. The van der Waals surface area contributed by atoms with E-state index in [-0.39, 0.29) is 0 Å². The molecular formula is C15H14N2OS. The molecule has 0 aliphatic rings. The van der Waals surface area contributed by atoms with Crippen molar-refractivity contribution in [1.82, 2.24) is 4.98 Å². The van der Waals surface area contributed by atoms with Gasteiger partial charge in [0.15, 0.2) is 0 Å². The number of ether oxygens (including phenoxy) is 1. The van der Waals surface area contributed by atoms with Crippen LogP contribution < -0.4 is 4.74 Å². The molecule has 0 radical (unpaired) electrons. The molecule has 3 nitrogen and oxygen atoms in total. The Kier molecular flexibility index (Phi) is 5.27. The van der Waals surface area contributed by atoms with Crippen LogP contribution in [-0.4, -0.2) is 17.3 Å². The monoisotopic (exact) mass is 270 g/mol. The zero-order valence-corrected chi connectivity index (χ0v) is 11.3. The highest BCUT2D eigenvalue weighted by Gasteiger charge is 1.97. The molecule has 0 spiro atoms. The van der Waals surface area contributed by atoms with Crippen molar-refractivity contribution in [3.05, 3.63) is 54.2 Å². The highest BCUT2D eigenvalue weighted by atomic mass is 32.2. The molecule has 1 aromatic heterocycles. The molecular weight excluding hydrogens is 256 g/mol. The van der Waals surface area contributed by atoms with Gasteiger partial charge in [0.2, 0.25) is 0 Å². The lowest BCUT2D eigenvalue weighted by molar-refractivity contribution is 0.344. The first-order valence-electron chi connectivity index (χ1n) is 6.01. The molecule has 0 bridgehead atoms. The number of pyridine rings is 1. The number of nitriles is 1. The van der Waals surface area contributed by atoms with Gasteiger partial charge in [-0.05, 0) is 29.8 Å². The van der Waals surface area contributed by atoms with Gasteiger partial charge < -0.3 is 4.74 Å². The van der Waals surface area contributed by atoms with Crippen LogP contribution >= 0.6 is 11.8 Å². The van der Waals surface area contributed by atoms with Crippen LogP contribution in [0.25, 0.3) is 0 Å².